The Bertz CT molecular complexity index is 102. The molecule has 0 aliphatic carbocycles. The van der Waals surface area contributed by atoms with Crippen LogP contribution in [0, 0.1) is 0 Å². The van der Waals surface area contributed by atoms with Crippen LogP contribution in [0.4, 0.5) is 0 Å². The van der Waals surface area contributed by atoms with Crippen molar-refractivity contribution in [3.63, 3.8) is 0 Å². The van der Waals surface area contributed by atoms with Gasteiger partial charge in [0.25, 0.3) is 0 Å². The maximum absolute atomic E-state index is 9.31. The van der Waals surface area contributed by atoms with Crippen LogP contribution in [0.1, 0.15) is 19.3 Å². The van der Waals surface area contributed by atoms with Gasteiger partial charge < -0.3 is 10.2 Å². The molecule has 0 saturated heterocycles. The fourth-order valence-corrected chi connectivity index (χ4v) is 1.39. The second kappa shape index (κ2) is 5.91. The predicted molar refractivity (Wildman–Crippen MR) is 56.5 cm³/mol. The zero-order chi connectivity index (χ0) is 8.91. The number of aliphatic hydroxyl groups is 2. The lowest BCUT2D eigenvalue weighted by molar-refractivity contribution is 0.232. The number of hydrogen-bond acceptors (Lipinski definition) is 2. The van der Waals surface area contributed by atoms with Gasteiger partial charge in [0.2, 0.25) is 0 Å². The van der Waals surface area contributed by atoms with Crippen molar-refractivity contribution in [2.45, 2.75) is 27.5 Å². The Kier molecular flexibility index (Phi) is 6.64. The number of alkyl halides is 3. The van der Waals surface area contributed by atoms with E-state index in [1.807, 2.05) is 0 Å². The van der Waals surface area contributed by atoms with Crippen molar-refractivity contribution >= 4 is 47.8 Å². The molecule has 0 radical (unpaired) electrons. The van der Waals surface area contributed by atoms with E-state index >= 15 is 0 Å². The zero-order valence-electron chi connectivity index (χ0n) is 5.93. The fraction of sp³-hybridized carbons (Fsp3) is 1.00. The summed E-state index contributed by atoms with van der Waals surface area (Å²) in [5, 5.41) is 17.8. The first-order valence-electron chi connectivity index (χ1n) is 3.33. The van der Waals surface area contributed by atoms with Crippen LogP contribution in [0.5, 0.6) is 0 Å². The molecule has 0 heterocycles. The molecule has 5 heteroatoms. The lowest BCUT2D eigenvalue weighted by Gasteiger charge is -2.19. The van der Waals surface area contributed by atoms with Crippen molar-refractivity contribution in [3.8, 4) is 0 Å². The Labute approximate surface area is 91.8 Å². The molecule has 0 bridgehead atoms. The highest BCUT2D eigenvalue weighted by Crippen LogP contribution is 2.34. The van der Waals surface area contributed by atoms with Crippen LogP contribution in [0.25, 0.3) is 0 Å². The molecule has 2 N–H and O–H groups in total. The highest BCUT2D eigenvalue weighted by Gasteiger charge is 2.27. The highest BCUT2D eigenvalue weighted by molar-refractivity contribution is 9.26. The molecule has 0 aliphatic rings. The molecule has 11 heavy (non-hydrogen) atoms. The Hall–Kier alpha value is 1.36. The molecule has 0 spiro atoms. The first-order valence-corrected chi connectivity index (χ1v) is 5.83. The van der Waals surface area contributed by atoms with Crippen LogP contribution in [0.2, 0.25) is 0 Å². The van der Waals surface area contributed by atoms with E-state index in [-0.39, 0.29) is 11.4 Å². The highest BCUT2D eigenvalue weighted by atomic mass is 79.9. The molecule has 1 atom stereocenters. The average Bonchev–Trinajstić information content (AvgIpc) is 1.86. The molecule has 0 aromatic rings. The molecule has 2 nitrogen and oxygen atoms in total. The minimum atomic E-state index is -1.03. The van der Waals surface area contributed by atoms with Crippen LogP contribution in [-0.4, -0.2) is 25.1 Å². The van der Waals surface area contributed by atoms with E-state index < -0.39 is 3.42 Å². The third-order valence-electron chi connectivity index (χ3n) is 1.24. The van der Waals surface area contributed by atoms with Gasteiger partial charge in [-0.25, -0.2) is 0 Å². The van der Waals surface area contributed by atoms with Crippen molar-refractivity contribution in [3.05, 3.63) is 0 Å². The van der Waals surface area contributed by atoms with Gasteiger partial charge in [-0.3, -0.25) is 0 Å². The van der Waals surface area contributed by atoms with Crippen LogP contribution < -0.4 is 0 Å². The smallest absolute Gasteiger partial charge is 0.187 e. The minimum absolute atomic E-state index is 0.0402. The van der Waals surface area contributed by atoms with Gasteiger partial charge in [0.1, 0.15) is 0 Å². The maximum Gasteiger partial charge on any atom is 0.187 e. The van der Waals surface area contributed by atoms with Crippen molar-refractivity contribution in [2.24, 2.45) is 0 Å². The Morgan fingerprint density at radius 3 is 2.18 bits per heavy atom. The maximum atomic E-state index is 9.31. The topological polar surface area (TPSA) is 40.5 Å². The number of unbranched alkanes of at least 4 members (excludes halogenated alkanes) is 1. The summed E-state index contributed by atoms with van der Waals surface area (Å²) in [6.07, 6.45) is 2.48. The summed E-state index contributed by atoms with van der Waals surface area (Å²) in [5.74, 6) is 0. The second-order valence-corrected chi connectivity index (χ2v) is 6.86. The summed E-state index contributed by atoms with van der Waals surface area (Å²) in [5.41, 5.74) is 0. The summed E-state index contributed by atoms with van der Waals surface area (Å²) in [4.78, 5) is -0.0402. The quantitative estimate of drug-likeness (QED) is 0.587. The van der Waals surface area contributed by atoms with Crippen LogP contribution >= 0.6 is 47.8 Å². The second-order valence-electron chi connectivity index (χ2n) is 2.27. The molecule has 0 aromatic carbocycles. The van der Waals surface area contributed by atoms with E-state index in [1.54, 1.807) is 0 Å². The van der Waals surface area contributed by atoms with Gasteiger partial charge in [-0.2, -0.15) is 0 Å². The van der Waals surface area contributed by atoms with E-state index in [9.17, 15) is 5.11 Å². The number of rotatable bonds is 5. The Balaban J connectivity index is 3.44. The van der Waals surface area contributed by atoms with Gasteiger partial charge in [0.15, 0.2) is 3.42 Å². The normalized spacial score (nSPS) is 15.0. The van der Waals surface area contributed by atoms with E-state index in [1.165, 1.54) is 0 Å². The van der Waals surface area contributed by atoms with Gasteiger partial charge in [-0.1, -0.05) is 15.9 Å². The SMILES string of the molecule is OCCCCC(Br)C(O)(Br)Br. The van der Waals surface area contributed by atoms with Gasteiger partial charge in [0.05, 0.1) is 4.83 Å². The summed E-state index contributed by atoms with van der Waals surface area (Å²) < 4.78 is -1.03. The van der Waals surface area contributed by atoms with E-state index in [2.05, 4.69) is 47.8 Å². The monoisotopic (exact) mass is 352 g/mol. The largest absolute Gasteiger partial charge is 0.396 e. The molecule has 0 saturated carbocycles. The van der Waals surface area contributed by atoms with E-state index in [0.29, 0.717) is 0 Å². The van der Waals surface area contributed by atoms with Crippen molar-refractivity contribution in [1.82, 2.24) is 0 Å². The number of halogens is 3. The lowest BCUT2D eigenvalue weighted by atomic mass is 10.2. The van der Waals surface area contributed by atoms with Crippen molar-refractivity contribution in [1.29, 1.82) is 0 Å². The Morgan fingerprint density at radius 1 is 1.27 bits per heavy atom. The summed E-state index contributed by atoms with van der Waals surface area (Å²) in [6, 6.07) is 0. The molecule has 0 aromatic heterocycles. The third kappa shape index (κ3) is 6.51. The third-order valence-corrected chi connectivity index (χ3v) is 4.70. The minimum Gasteiger partial charge on any atom is -0.396 e. The summed E-state index contributed by atoms with van der Waals surface area (Å²) >= 11 is 9.42. The predicted octanol–water partition coefficient (Wildman–Crippen LogP) is 2.35. The molecular formula is C6H11Br3O2. The number of hydrogen-bond donors (Lipinski definition) is 2. The van der Waals surface area contributed by atoms with Crippen molar-refractivity contribution < 1.29 is 10.2 Å². The van der Waals surface area contributed by atoms with Crippen LogP contribution in [0.3, 0.4) is 0 Å². The molecule has 0 aliphatic heterocycles. The summed E-state index contributed by atoms with van der Waals surface area (Å²) in [7, 11) is 0. The lowest BCUT2D eigenvalue weighted by Crippen LogP contribution is -2.23. The summed E-state index contributed by atoms with van der Waals surface area (Å²) in [6.45, 7) is 0.211. The standard InChI is InChI=1S/C6H11Br3O2/c7-5(6(8,9)11)3-1-2-4-10/h5,10-11H,1-4H2. The molecule has 68 valence electrons. The van der Waals surface area contributed by atoms with Crippen LogP contribution in [0.15, 0.2) is 0 Å². The molecule has 1 unspecified atom stereocenters. The first-order chi connectivity index (χ1) is 4.98. The van der Waals surface area contributed by atoms with Gasteiger partial charge >= 0.3 is 0 Å². The Morgan fingerprint density at radius 2 is 1.82 bits per heavy atom. The van der Waals surface area contributed by atoms with Crippen molar-refractivity contribution in [2.75, 3.05) is 6.61 Å². The van der Waals surface area contributed by atoms with Gasteiger partial charge in [-0.05, 0) is 51.1 Å². The molecular weight excluding hydrogens is 344 g/mol. The fourth-order valence-electron chi connectivity index (χ4n) is 0.609. The van der Waals surface area contributed by atoms with E-state index in [4.69, 9.17) is 5.11 Å². The van der Waals surface area contributed by atoms with Gasteiger partial charge in [0, 0.05) is 6.61 Å². The first kappa shape index (κ1) is 12.4. The van der Waals surface area contributed by atoms with Crippen LogP contribution in [-0.2, 0) is 0 Å². The number of aliphatic hydroxyl groups excluding tert-OH is 1. The average molecular weight is 355 g/mol. The molecule has 0 amide bonds. The zero-order valence-corrected chi connectivity index (χ0v) is 10.7. The van der Waals surface area contributed by atoms with E-state index in [0.717, 1.165) is 19.3 Å². The van der Waals surface area contributed by atoms with Gasteiger partial charge in [-0.15, -0.1) is 0 Å². The molecule has 0 fully saturated rings. The molecule has 0 rings (SSSR count).